The zero-order chi connectivity index (χ0) is 14.1. The van der Waals surface area contributed by atoms with E-state index in [0.717, 1.165) is 31.4 Å². The normalized spacial score (nSPS) is 18.3. The fourth-order valence-corrected chi connectivity index (χ4v) is 2.59. The van der Waals surface area contributed by atoms with Gasteiger partial charge >= 0.3 is 0 Å². The second-order valence-electron chi connectivity index (χ2n) is 6.44. The van der Waals surface area contributed by atoms with Gasteiger partial charge in [0.1, 0.15) is 5.75 Å². The molecule has 2 N–H and O–H groups in total. The summed E-state index contributed by atoms with van der Waals surface area (Å²) in [7, 11) is 0. The van der Waals surface area contributed by atoms with Crippen LogP contribution in [0.1, 0.15) is 52.0 Å². The summed E-state index contributed by atoms with van der Waals surface area (Å²) in [6, 6.07) is 7.98. The summed E-state index contributed by atoms with van der Waals surface area (Å²) in [5, 5.41) is 0. The lowest BCUT2D eigenvalue weighted by Gasteiger charge is -2.27. The van der Waals surface area contributed by atoms with Gasteiger partial charge in [0, 0.05) is 0 Å². The Morgan fingerprint density at radius 2 is 1.68 bits per heavy atom. The van der Waals surface area contributed by atoms with E-state index in [4.69, 9.17) is 10.5 Å². The molecule has 3 nitrogen and oxygen atoms in total. The lowest BCUT2D eigenvalue weighted by Crippen LogP contribution is -2.46. The van der Waals surface area contributed by atoms with Crippen LogP contribution in [0.2, 0.25) is 0 Å². The zero-order valence-corrected chi connectivity index (χ0v) is 12.0. The lowest BCUT2D eigenvalue weighted by molar-refractivity contribution is -0.132. The van der Waals surface area contributed by atoms with Crippen molar-refractivity contribution in [1.29, 1.82) is 0 Å². The molecule has 0 unspecified atom stereocenters. The Bertz CT molecular complexity index is 451. The van der Waals surface area contributed by atoms with Gasteiger partial charge in [0.2, 0.25) is 0 Å². The SMILES string of the molecule is CC(C)(C)c1ccc(OC2(C(N)=O)CCCC2)cc1. The second kappa shape index (κ2) is 4.87. The predicted molar refractivity (Wildman–Crippen MR) is 76.2 cm³/mol. The lowest BCUT2D eigenvalue weighted by atomic mass is 9.87. The topological polar surface area (TPSA) is 52.3 Å². The van der Waals surface area contributed by atoms with Gasteiger partial charge in [-0.25, -0.2) is 0 Å². The van der Waals surface area contributed by atoms with Gasteiger partial charge in [-0.05, 0) is 48.8 Å². The number of primary amides is 1. The Labute approximate surface area is 115 Å². The maximum absolute atomic E-state index is 11.7. The number of carbonyl (C=O) groups is 1. The van der Waals surface area contributed by atoms with Gasteiger partial charge in [-0.1, -0.05) is 32.9 Å². The molecule has 19 heavy (non-hydrogen) atoms. The molecule has 0 saturated heterocycles. The average Bonchev–Trinajstić information content (AvgIpc) is 2.78. The molecule has 1 aliphatic rings. The Morgan fingerprint density at radius 1 is 1.16 bits per heavy atom. The predicted octanol–water partition coefficient (Wildman–Crippen LogP) is 3.16. The molecule has 0 aromatic heterocycles. The van der Waals surface area contributed by atoms with Crippen molar-refractivity contribution >= 4 is 5.91 Å². The van der Waals surface area contributed by atoms with E-state index in [2.05, 4.69) is 32.9 Å². The zero-order valence-electron chi connectivity index (χ0n) is 12.0. The molecule has 1 saturated carbocycles. The highest BCUT2D eigenvalue weighted by Crippen LogP contribution is 2.35. The largest absolute Gasteiger partial charge is 0.477 e. The molecule has 0 spiro atoms. The smallest absolute Gasteiger partial charge is 0.261 e. The number of hydrogen-bond acceptors (Lipinski definition) is 2. The van der Waals surface area contributed by atoms with E-state index in [9.17, 15) is 4.79 Å². The maximum atomic E-state index is 11.7. The summed E-state index contributed by atoms with van der Waals surface area (Å²) < 4.78 is 5.92. The number of rotatable bonds is 3. The van der Waals surface area contributed by atoms with Crippen LogP contribution in [0.5, 0.6) is 5.75 Å². The van der Waals surface area contributed by atoms with Crippen LogP contribution >= 0.6 is 0 Å². The monoisotopic (exact) mass is 261 g/mol. The molecule has 1 aliphatic carbocycles. The molecule has 1 aromatic rings. The number of amides is 1. The third-order valence-corrected chi connectivity index (χ3v) is 3.89. The third-order valence-electron chi connectivity index (χ3n) is 3.89. The molecular formula is C16H23NO2. The van der Waals surface area contributed by atoms with Crippen LogP contribution in [-0.2, 0) is 10.2 Å². The molecule has 1 fully saturated rings. The van der Waals surface area contributed by atoms with Crippen molar-refractivity contribution in [2.75, 3.05) is 0 Å². The van der Waals surface area contributed by atoms with E-state index in [1.54, 1.807) is 0 Å². The van der Waals surface area contributed by atoms with E-state index in [1.807, 2.05) is 12.1 Å². The van der Waals surface area contributed by atoms with Crippen LogP contribution in [0.4, 0.5) is 0 Å². The van der Waals surface area contributed by atoms with Crippen LogP contribution in [-0.4, -0.2) is 11.5 Å². The molecule has 3 heteroatoms. The van der Waals surface area contributed by atoms with E-state index in [0.29, 0.717) is 0 Å². The van der Waals surface area contributed by atoms with Gasteiger partial charge in [-0.15, -0.1) is 0 Å². The number of benzene rings is 1. The van der Waals surface area contributed by atoms with Gasteiger partial charge in [0.15, 0.2) is 5.60 Å². The minimum Gasteiger partial charge on any atom is -0.477 e. The fraction of sp³-hybridized carbons (Fsp3) is 0.562. The minimum atomic E-state index is -0.788. The molecule has 0 atom stereocenters. The molecular weight excluding hydrogens is 238 g/mol. The molecule has 0 radical (unpaired) electrons. The van der Waals surface area contributed by atoms with Crippen molar-refractivity contribution in [2.45, 2.75) is 57.5 Å². The van der Waals surface area contributed by atoms with Crippen LogP contribution in [0.3, 0.4) is 0 Å². The van der Waals surface area contributed by atoms with Crippen molar-refractivity contribution in [2.24, 2.45) is 5.73 Å². The molecule has 1 aromatic carbocycles. The first kappa shape index (κ1) is 13.9. The van der Waals surface area contributed by atoms with E-state index >= 15 is 0 Å². The Morgan fingerprint density at radius 3 is 2.11 bits per heavy atom. The van der Waals surface area contributed by atoms with Gasteiger partial charge < -0.3 is 10.5 Å². The van der Waals surface area contributed by atoms with Gasteiger partial charge in [-0.2, -0.15) is 0 Å². The fourth-order valence-electron chi connectivity index (χ4n) is 2.59. The molecule has 0 aliphatic heterocycles. The van der Waals surface area contributed by atoms with E-state index < -0.39 is 5.60 Å². The first-order valence-electron chi connectivity index (χ1n) is 6.93. The number of ether oxygens (including phenoxy) is 1. The van der Waals surface area contributed by atoms with E-state index in [-0.39, 0.29) is 11.3 Å². The van der Waals surface area contributed by atoms with Crippen molar-refractivity contribution in [3.05, 3.63) is 29.8 Å². The van der Waals surface area contributed by atoms with Crippen LogP contribution in [0, 0.1) is 0 Å². The Hall–Kier alpha value is -1.51. The maximum Gasteiger partial charge on any atom is 0.261 e. The third kappa shape index (κ3) is 2.91. The summed E-state index contributed by atoms with van der Waals surface area (Å²) in [5.74, 6) is 0.388. The number of hydrogen-bond donors (Lipinski definition) is 1. The average molecular weight is 261 g/mol. The molecule has 0 heterocycles. The van der Waals surface area contributed by atoms with Crippen LogP contribution in [0.25, 0.3) is 0 Å². The molecule has 104 valence electrons. The van der Waals surface area contributed by atoms with Crippen LogP contribution < -0.4 is 10.5 Å². The standard InChI is InChI=1S/C16H23NO2/c1-15(2,3)12-6-8-13(9-7-12)19-16(14(17)18)10-4-5-11-16/h6-9H,4-5,10-11H2,1-3H3,(H2,17,18). The quantitative estimate of drug-likeness (QED) is 0.908. The van der Waals surface area contributed by atoms with Crippen molar-refractivity contribution in [3.8, 4) is 5.75 Å². The molecule has 1 amide bonds. The highest BCUT2D eigenvalue weighted by atomic mass is 16.5. The van der Waals surface area contributed by atoms with Gasteiger partial charge in [0.25, 0.3) is 5.91 Å². The van der Waals surface area contributed by atoms with Crippen molar-refractivity contribution in [3.63, 3.8) is 0 Å². The first-order chi connectivity index (χ1) is 8.83. The second-order valence-corrected chi connectivity index (χ2v) is 6.44. The first-order valence-corrected chi connectivity index (χ1v) is 6.93. The van der Waals surface area contributed by atoms with Gasteiger partial charge in [-0.3, -0.25) is 4.79 Å². The summed E-state index contributed by atoms with van der Waals surface area (Å²) >= 11 is 0. The minimum absolute atomic E-state index is 0.118. The van der Waals surface area contributed by atoms with Crippen molar-refractivity contribution in [1.82, 2.24) is 0 Å². The summed E-state index contributed by atoms with van der Waals surface area (Å²) in [5.41, 5.74) is 6.10. The molecule has 0 bridgehead atoms. The van der Waals surface area contributed by atoms with Crippen molar-refractivity contribution < 1.29 is 9.53 Å². The summed E-state index contributed by atoms with van der Waals surface area (Å²) in [6.45, 7) is 6.51. The highest BCUT2D eigenvalue weighted by Gasteiger charge is 2.42. The van der Waals surface area contributed by atoms with Gasteiger partial charge in [0.05, 0.1) is 0 Å². The number of nitrogens with two attached hydrogens (primary N) is 1. The summed E-state index contributed by atoms with van der Waals surface area (Å²) in [4.78, 5) is 11.7. The summed E-state index contributed by atoms with van der Waals surface area (Å²) in [6.07, 6.45) is 3.46. The molecule has 2 rings (SSSR count). The highest BCUT2D eigenvalue weighted by molar-refractivity contribution is 5.84. The Balaban J connectivity index is 2.17. The van der Waals surface area contributed by atoms with E-state index in [1.165, 1.54) is 5.56 Å². The van der Waals surface area contributed by atoms with Crippen LogP contribution in [0.15, 0.2) is 24.3 Å². The Kier molecular flexibility index (Phi) is 3.57. The number of carbonyl (C=O) groups excluding carboxylic acids is 1.